The minimum atomic E-state index is -4.70. The quantitative estimate of drug-likeness (QED) is 0.586. The first-order chi connectivity index (χ1) is 15.6. The summed E-state index contributed by atoms with van der Waals surface area (Å²) in [5.74, 6) is -1.30. The first-order valence-electron chi connectivity index (χ1n) is 9.93. The number of nitrogens with zero attached hydrogens (tertiary/aromatic N) is 4. The summed E-state index contributed by atoms with van der Waals surface area (Å²) < 4.78 is 68.4. The second-order valence-electron chi connectivity index (χ2n) is 7.71. The highest BCUT2D eigenvalue weighted by Crippen LogP contribution is 2.35. The minimum absolute atomic E-state index is 0.0569. The number of rotatable bonds is 6. The normalized spacial score (nSPS) is 16.2. The van der Waals surface area contributed by atoms with Crippen molar-refractivity contribution in [1.82, 2.24) is 24.2 Å². The Balaban J connectivity index is 1.57. The predicted molar refractivity (Wildman–Crippen MR) is 111 cm³/mol. The number of imidazole rings is 1. The smallest absolute Gasteiger partial charge is 0.343 e. The van der Waals surface area contributed by atoms with Gasteiger partial charge in [-0.05, 0) is 24.3 Å². The molecule has 2 aromatic heterocycles. The van der Waals surface area contributed by atoms with Gasteiger partial charge in [0.1, 0.15) is 0 Å². The van der Waals surface area contributed by atoms with Gasteiger partial charge in [0, 0.05) is 38.4 Å². The number of halogens is 3. The molecule has 1 aliphatic rings. The molecular weight excluding hydrogens is 459 g/mol. The van der Waals surface area contributed by atoms with E-state index in [-0.39, 0.29) is 24.0 Å². The SMILES string of the molecule is Cn1cnc(S(=O)(=O)N2CC(C(NC(=O)c3ccccc3C(F)(F)F)c3ccccn3)C2)c1. The number of carbonyl (C=O) groups is 1. The molecule has 1 aromatic carbocycles. The highest BCUT2D eigenvalue weighted by Gasteiger charge is 2.43. The maximum absolute atomic E-state index is 13.4. The fourth-order valence-corrected chi connectivity index (χ4v) is 5.19. The Morgan fingerprint density at radius 1 is 1.12 bits per heavy atom. The number of alkyl halides is 3. The van der Waals surface area contributed by atoms with Crippen molar-refractivity contribution in [1.29, 1.82) is 0 Å². The topological polar surface area (TPSA) is 97.2 Å². The maximum Gasteiger partial charge on any atom is 0.417 e. The lowest BCUT2D eigenvalue weighted by Crippen LogP contribution is -2.55. The lowest BCUT2D eigenvalue weighted by molar-refractivity contribution is -0.137. The minimum Gasteiger partial charge on any atom is -0.343 e. The molecule has 1 aliphatic heterocycles. The molecule has 174 valence electrons. The molecule has 0 spiro atoms. The molecular formula is C21H20F3N5O3S. The van der Waals surface area contributed by atoms with E-state index in [9.17, 15) is 26.4 Å². The molecule has 1 fully saturated rings. The first-order valence-corrected chi connectivity index (χ1v) is 11.4. The van der Waals surface area contributed by atoms with Gasteiger partial charge in [0.25, 0.3) is 15.9 Å². The average molecular weight is 479 g/mol. The van der Waals surface area contributed by atoms with Crippen LogP contribution >= 0.6 is 0 Å². The summed E-state index contributed by atoms with van der Waals surface area (Å²) >= 11 is 0. The van der Waals surface area contributed by atoms with E-state index in [4.69, 9.17) is 0 Å². The van der Waals surface area contributed by atoms with Crippen LogP contribution in [0.4, 0.5) is 13.2 Å². The van der Waals surface area contributed by atoms with E-state index >= 15 is 0 Å². The van der Waals surface area contributed by atoms with Gasteiger partial charge >= 0.3 is 6.18 Å². The van der Waals surface area contributed by atoms with Crippen LogP contribution in [0.2, 0.25) is 0 Å². The number of benzene rings is 1. The van der Waals surface area contributed by atoms with Gasteiger partial charge in [0.2, 0.25) is 0 Å². The van der Waals surface area contributed by atoms with Gasteiger partial charge in [-0.3, -0.25) is 9.78 Å². The zero-order chi connectivity index (χ0) is 23.8. The molecule has 0 saturated carbocycles. The Morgan fingerprint density at radius 2 is 1.82 bits per heavy atom. The molecule has 1 unspecified atom stereocenters. The van der Waals surface area contributed by atoms with E-state index in [1.807, 2.05) is 0 Å². The van der Waals surface area contributed by atoms with Crippen LogP contribution in [-0.2, 0) is 23.2 Å². The number of hydrogen-bond acceptors (Lipinski definition) is 5. The zero-order valence-electron chi connectivity index (χ0n) is 17.4. The highest BCUT2D eigenvalue weighted by atomic mass is 32.2. The molecule has 1 amide bonds. The lowest BCUT2D eigenvalue weighted by Gasteiger charge is -2.41. The Bertz CT molecular complexity index is 1260. The van der Waals surface area contributed by atoms with Gasteiger partial charge in [-0.2, -0.15) is 17.5 Å². The lowest BCUT2D eigenvalue weighted by atomic mass is 9.90. The van der Waals surface area contributed by atoms with Crippen LogP contribution in [0, 0.1) is 5.92 Å². The third-order valence-corrected chi connectivity index (χ3v) is 7.12. The number of hydrogen-bond donors (Lipinski definition) is 1. The van der Waals surface area contributed by atoms with Crippen molar-refractivity contribution in [3.8, 4) is 0 Å². The summed E-state index contributed by atoms with van der Waals surface area (Å²) in [6, 6.07) is 8.71. The summed E-state index contributed by atoms with van der Waals surface area (Å²) in [5.41, 5.74) is -1.13. The van der Waals surface area contributed by atoms with Crippen molar-refractivity contribution in [2.45, 2.75) is 17.2 Å². The molecule has 33 heavy (non-hydrogen) atoms. The number of carbonyl (C=O) groups excluding carboxylic acids is 1. The number of pyridine rings is 1. The van der Waals surface area contributed by atoms with Crippen molar-refractivity contribution < 1.29 is 26.4 Å². The van der Waals surface area contributed by atoms with Gasteiger partial charge in [0.05, 0.1) is 29.2 Å². The van der Waals surface area contributed by atoms with Crippen LogP contribution in [0.1, 0.15) is 27.7 Å². The summed E-state index contributed by atoms with van der Waals surface area (Å²) in [6.07, 6.45) is -0.439. The summed E-state index contributed by atoms with van der Waals surface area (Å²) in [5, 5.41) is 2.54. The molecule has 3 heterocycles. The van der Waals surface area contributed by atoms with Gasteiger partial charge in [-0.25, -0.2) is 13.4 Å². The fraction of sp³-hybridized carbons (Fsp3) is 0.286. The van der Waals surface area contributed by atoms with Crippen LogP contribution in [0.3, 0.4) is 0 Å². The van der Waals surface area contributed by atoms with E-state index in [1.165, 1.54) is 39.7 Å². The van der Waals surface area contributed by atoms with Gasteiger partial charge < -0.3 is 9.88 Å². The summed E-state index contributed by atoms with van der Waals surface area (Å²) in [4.78, 5) is 21.0. The van der Waals surface area contributed by atoms with E-state index in [1.54, 1.807) is 25.2 Å². The van der Waals surface area contributed by atoms with E-state index in [0.717, 1.165) is 12.1 Å². The number of amides is 1. The molecule has 0 radical (unpaired) electrons. The predicted octanol–water partition coefficient (Wildman–Crippen LogP) is 2.63. The van der Waals surface area contributed by atoms with E-state index in [0.29, 0.717) is 5.69 Å². The zero-order valence-corrected chi connectivity index (χ0v) is 18.2. The monoisotopic (exact) mass is 479 g/mol. The average Bonchev–Trinajstić information content (AvgIpc) is 3.19. The Kier molecular flexibility index (Phi) is 5.97. The number of nitrogens with one attached hydrogen (secondary N) is 1. The molecule has 0 aliphatic carbocycles. The van der Waals surface area contributed by atoms with Gasteiger partial charge in [-0.15, -0.1) is 0 Å². The number of aryl methyl sites for hydroxylation is 1. The molecule has 12 heteroatoms. The van der Waals surface area contributed by atoms with Crippen LogP contribution in [0.25, 0.3) is 0 Å². The Morgan fingerprint density at radius 3 is 2.42 bits per heavy atom. The van der Waals surface area contributed by atoms with Crippen LogP contribution < -0.4 is 5.32 Å². The maximum atomic E-state index is 13.4. The summed E-state index contributed by atoms with van der Waals surface area (Å²) in [7, 11) is -2.17. The molecule has 0 bridgehead atoms. The second kappa shape index (κ2) is 8.60. The molecule has 8 nitrogen and oxygen atoms in total. The van der Waals surface area contributed by atoms with Crippen LogP contribution in [0.15, 0.2) is 66.2 Å². The van der Waals surface area contributed by atoms with Gasteiger partial charge in [-0.1, -0.05) is 18.2 Å². The van der Waals surface area contributed by atoms with Crippen molar-refractivity contribution in [2.24, 2.45) is 13.0 Å². The molecule has 4 rings (SSSR count). The molecule has 1 atom stereocenters. The molecule has 1 N–H and O–H groups in total. The first kappa shape index (κ1) is 22.9. The van der Waals surface area contributed by atoms with Crippen molar-refractivity contribution in [3.63, 3.8) is 0 Å². The Hall–Kier alpha value is -3.25. The van der Waals surface area contributed by atoms with Crippen LogP contribution in [-0.4, -0.2) is 46.3 Å². The van der Waals surface area contributed by atoms with E-state index in [2.05, 4.69) is 15.3 Å². The van der Waals surface area contributed by atoms with Crippen molar-refractivity contribution in [3.05, 3.63) is 78.0 Å². The third kappa shape index (κ3) is 4.62. The third-order valence-electron chi connectivity index (χ3n) is 5.40. The van der Waals surface area contributed by atoms with Crippen LogP contribution in [0.5, 0.6) is 0 Å². The van der Waals surface area contributed by atoms with Crippen molar-refractivity contribution in [2.75, 3.05) is 13.1 Å². The van der Waals surface area contributed by atoms with Gasteiger partial charge in [0.15, 0.2) is 5.03 Å². The standard InChI is InChI=1S/C21H20F3N5O3S/c1-28-12-18(26-13-28)33(31,32)29-10-14(11-29)19(17-8-4-5-9-25-17)27-20(30)15-6-2-3-7-16(15)21(22,23)24/h2-9,12-14,19H,10-11H2,1H3,(H,27,30). The highest BCUT2D eigenvalue weighted by molar-refractivity contribution is 7.89. The second-order valence-corrected chi connectivity index (χ2v) is 9.59. The summed E-state index contributed by atoms with van der Waals surface area (Å²) in [6.45, 7) is 0.114. The number of sulfonamides is 1. The molecule has 1 saturated heterocycles. The number of aromatic nitrogens is 3. The molecule has 3 aromatic rings. The Labute approximate surface area is 188 Å². The fourth-order valence-electron chi connectivity index (χ4n) is 3.67. The van der Waals surface area contributed by atoms with Crippen molar-refractivity contribution >= 4 is 15.9 Å². The largest absolute Gasteiger partial charge is 0.417 e. The van der Waals surface area contributed by atoms with E-state index < -0.39 is 39.3 Å².